The first-order chi connectivity index (χ1) is 10.8. The van der Waals surface area contributed by atoms with Crippen LogP contribution in [0, 0.1) is 5.82 Å². The number of hydrogen-bond donors (Lipinski definition) is 1. The number of furan rings is 1. The molecule has 1 N–H and O–H groups in total. The fraction of sp³-hybridized carbons (Fsp3) is 0.235. The number of aryl methyl sites for hydroxylation is 1. The molecule has 0 radical (unpaired) electrons. The molecule has 0 atom stereocenters. The number of hydrogen-bond acceptors (Lipinski definition) is 3. The van der Waals surface area contributed by atoms with E-state index in [1.165, 1.54) is 6.07 Å². The van der Waals surface area contributed by atoms with Crippen LogP contribution in [0.4, 0.5) is 4.39 Å². The highest BCUT2D eigenvalue weighted by Gasteiger charge is 2.08. The lowest BCUT2D eigenvalue weighted by atomic mass is 10.1. The monoisotopic (exact) mass is 371 g/mol. The van der Waals surface area contributed by atoms with Gasteiger partial charge >= 0.3 is 0 Å². The largest absolute Gasteiger partial charge is 0.460 e. The number of rotatable bonds is 7. The predicted octanol–water partition coefficient (Wildman–Crippen LogP) is 4.31. The highest BCUT2D eigenvalue weighted by Crippen LogP contribution is 2.24. The number of nitrogens with zero attached hydrogens (tertiary/aromatic N) is 2. The fourth-order valence-electron chi connectivity index (χ4n) is 2.30. The lowest BCUT2D eigenvalue weighted by molar-refractivity contribution is 0.482. The minimum atomic E-state index is -0.267. The van der Waals surface area contributed by atoms with Crippen LogP contribution in [0.1, 0.15) is 12.2 Å². The molecule has 0 amide bonds. The summed E-state index contributed by atoms with van der Waals surface area (Å²) in [5.74, 6) is 1.10. The third-order valence-corrected chi connectivity index (χ3v) is 3.43. The molecule has 1 aromatic carbocycles. The summed E-state index contributed by atoms with van der Waals surface area (Å²) in [5.41, 5.74) is 0.494. The summed E-state index contributed by atoms with van der Waals surface area (Å²) in [4.78, 5) is 4.00. The van der Waals surface area contributed by atoms with Crippen molar-refractivity contribution in [1.82, 2.24) is 14.9 Å². The van der Waals surface area contributed by atoms with Gasteiger partial charge in [-0.05, 0) is 37.2 Å². The minimum Gasteiger partial charge on any atom is -0.460 e. The van der Waals surface area contributed by atoms with Crippen LogP contribution < -0.4 is 5.32 Å². The van der Waals surface area contributed by atoms with Crippen LogP contribution in [0.5, 0.6) is 0 Å². The van der Waals surface area contributed by atoms with Crippen molar-refractivity contribution < 1.29 is 8.81 Å². The van der Waals surface area contributed by atoms with Crippen molar-refractivity contribution in [2.75, 3.05) is 6.54 Å². The van der Waals surface area contributed by atoms with Crippen LogP contribution in [0.15, 0.2) is 59.5 Å². The first-order valence-corrected chi connectivity index (χ1v) is 7.33. The SMILES string of the molecule is Cl.Cl.Fc1ccccc1-c1ccc(CNCCCn2ccnc2)o1. The Morgan fingerprint density at radius 2 is 1.96 bits per heavy atom. The molecular weight excluding hydrogens is 352 g/mol. The van der Waals surface area contributed by atoms with E-state index in [-0.39, 0.29) is 30.6 Å². The standard InChI is InChI=1S/C17H18FN3O.2ClH/c18-16-5-2-1-4-15(16)17-7-6-14(22-17)12-19-8-3-10-21-11-9-20-13-21;;/h1-2,4-7,9,11,13,19H,3,8,10,12H2;2*1H. The predicted molar refractivity (Wildman–Crippen MR) is 97.1 cm³/mol. The molecule has 2 aromatic heterocycles. The summed E-state index contributed by atoms with van der Waals surface area (Å²) in [5, 5.41) is 3.32. The summed E-state index contributed by atoms with van der Waals surface area (Å²) in [6, 6.07) is 10.3. The van der Waals surface area contributed by atoms with Crippen LogP contribution in [-0.2, 0) is 13.1 Å². The smallest absolute Gasteiger partial charge is 0.137 e. The van der Waals surface area contributed by atoms with Gasteiger partial charge in [0.2, 0.25) is 0 Å². The van der Waals surface area contributed by atoms with Gasteiger partial charge in [0.05, 0.1) is 18.4 Å². The molecular formula is C17H20Cl2FN3O. The second-order valence-electron chi connectivity index (χ2n) is 5.08. The van der Waals surface area contributed by atoms with E-state index in [1.807, 2.05) is 23.2 Å². The van der Waals surface area contributed by atoms with Gasteiger partial charge in [-0.25, -0.2) is 9.37 Å². The quantitative estimate of drug-likeness (QED) is 0.629. The first kappa shape index (κ1) is 20.2. The van der Waals surface area contributed by atoms with Crippen molar-refractivity contribution in [2.45, 2.75) is 19.5 Å². The Morgan fingerprint density at radius 3 is 2.71 bits per heavy atom. The molecule has 0 saturated heterocycles. The second kappa shape index (κ2) is 10.1. The molecule has 0 aliphatic rings. The first-order valence-electron chi connectivity index (χ1n) is 7.33. The Bertz CT molecular complexity index is 716. The van der Waals surface area contributed by atoms with Crippen molar-refractivity contribution >= 4 is 24.8 Å². The third-order valence-electron chi connectivity index (χ3n) is 3.43. The molecule has 2 heterocycles. The summed E-state index contributed by atoms with van der Waals surface area (Å²) >= 11 is 0. The fourth-order valence-corrected chi connectivity index (χ4v) is 2.30. The van der Waals surface area contributed by atoms with Crippen LogP contribution in [-0.4, -0.2) is 16.1 Å². The third kappa shape index (κ3) is 5.37. The van der Waals surface area contributed by atoms with Crippen molar-refractivity contribution in [2.24, 2.45) is 0 Å². The molecule has 0 bridgehead atoms. The van der Waals surface area contributed by atoms with E-state index in [9.17, 15) is 4.39 Å². The van der Waals surface area contributed by atoms with E-state index in [0.717, 1.165) is 25.3 Å². The maximum atomic E-state index is 13.7. The Hall–Kier alpha value is -1.82. The maximum absolute atomic E-state index is 13.7. The van der Waals surface area contributed by atoms with E-state index in [0.29, 0.717) is 17.9 Å². The molecule has 3 rings (SSSR count). The molecule has 130 valence electrons. The van der Waals surface area contributed by atoms with Crippen LogP contribution in [0.25, 0.3) is 11.3 Å². The highest BCUT2D eigenvalue weighted by molar-refractivity contribution is 5.85. The van der Waals surface area contributed by atoms with E-state index < -0.39 is 0 Å². The molecule has 0 unspecified atom stereocenters. The lowest BCUT2D eigenvalue weighted by Gasteiger charge is -2.04. The topological polar surface area (TPSA) is 43.0 Å². The number of imidazole rings is 1. The van der Waals surface area contributed by atoms with Crippen molar-refractivity contribution in [3.63, 3.8) is 0 Å². The summed E-state index contributed by atoms with van der Waals surface area (Å²) in [7, 11) is 0. The maximum Gasteiger partial charge on any atom is 0.137 e. The van der Waals surface area contributed by atoms with Gasteiger partial charge in [-0.2, -0.15) is 0 Å². The highest BCUT2D eigenvalue weighted by atomic mass is 35.5. The molecule has 7 heteroatoms. The number of nitrogens with one attached hydrogen (secondary N) is 1. The summed E-state index contributed by atoms with van der Waals surface area (Å²) in [6.07, 6.45) is 6.55. The van der Waals surface area contributed by atoms with Gasteiger partial charge in [-0.3, -0.25) is 0 Å². The second-order valence-corrected chi connectivity index (χ2v) is 5.08. The van der Waals surface area contributed by atoms with Gasteiger partial charge in [0.25, 0.3) is 0 Å². The van der Waals surface area contributed by atoms with Crippen LogP contribution in [0.2, 0.25) is 0 Å². The van der Waals surface area contributed by atoms with E-state index >= 15 is 0 Å². The van der Waals surface area contributed by atoms with E-state index in [1.54, 1.807) is 30.5 Å². The van der Waals surface area contributed by atoms with Crippen molar-refractivity contribution in [3.8, 4) is 11.3 Å². The lowest BCUT2D eigenvalue weighted by Crippen LogP contribution is -2.15. The molecule has 4 nitrogen and oxygen atoms in total. The molecule has 0 aliphatic heterocycles. The molecule has 0 saturated carbocycles. The average molecular weight is 372 g/mol. The van der Waals surface area contributed by atoms with Crippen LogP contribution in [0.3, 0.4) is 0 Å². The molecule has 0 fully saturated rings. The summed E-state index contributed by atoms with van der Waals surface area (Å²) < 4.78 is 21.4. The zero-order valence-electron chi connectivity index (χ0n) is 13.0. The Morgan fingerprint density at radius 1 is 1.12 bits per heavy atom. The Kier molecular flexibility index (Phi) is 8.54. The van der Waals surface area contributed by atoms with Gasteiger partial charge in [0, 0.05) is 18.9 Å². The molecule has 24 heavy (non-hydrogen) atoms. The molecule has 0 spiro atoms. The Balaban J connectivity index is 0.00000144. The van der Waals surface area contributed by atoms with Crippen molar-refractivity contribution in [1.29, 1.82) is 0 Å². The Labute approximate surface area is 152 Å². The number of aromatic nitrogens is 2. The normalized spacial score (nSPS) is 10.0. The molecule has 0 aliphatic carbocycles. The van der Waals surface area contributed by atoms with Crippen LogP contribution >= 0.6 is 24.8 Å². The van der Waals surface area contributed by atoms with Gasteiger partial charge in [0.1, 0.15) is 17.3 Å². The summed E-state index contributed by atoms with van der Waals surface area (Å²) in [6.45, 7) is 2.46. The van der Waals surface area contributed by atoms with Crippen molar-refractivity contribution in [3.05, 3.63) is 66.7 Å². The zero-order valence-corrected chi connectivity index (χ0v) is 14.7. The number of halogens is 3. The average Bonchev–Trinajstić information content (AvgIpc) is 3.19. The zero-order chi connectivity index (χ0) is 15.2. The van der Waals surface area contributed by atoms with Gasteiger partial charge < -0.3 is 14.3 Å². The number of benzene rings is 1. The van der Waals surface area contributed by atoms with Gasteiger partial charge in [-0.15, -0.1) is 24.8 Å². The molecule has 3 aromatic rings. The minimum absolute atomic E-state index is 0. The van der Waals surface area contributed by atoms with E-state index in [4.69, 9.17) is 4.42 Å². The van der Waals surface area contributed by atoms with Gasteiger partial charge in [-0.1, -0.05) is 12.1 Å². The van der Waals surface area contributed by atoms with E-state index in [2.05, 4.69) is 10.3 Å². The van der Waals surface area contributed by atoms with Gasteiger partial charge in [0.15, 0.2) is 0 Å².